The molecule has 2 rings (SSSR count). The van der Waals surface area contributed by atoms with Crippen LogP contribution in [-0.4, -0.2) is 30.1 Å². The van der Waals surface area contributed by atoms with Crippen molar-refractivity contribution in [2.45, 2.75) is 0 Å². The van der Waals surface area contributed by atoms with Crippen molar-refractivity contribution in [2.24, 2.45) is 0 Å². The molecular weight excluding hydrogens is 291 g/mol. The Hall–Kier alpha value is -1.56. The number of hydroxylamine groups is 2. The molecule has 0 saturated heterocycles. The molecule has 5 nitrogen and oxygen atoms in total. The van der Waals surface area contributed by atoms with E-state index in [0.29, 0.717) is 15.6 Å². The molecule has 0 spiro atoms. The van der Waals surface area contributed by atoms with Gasteiger partial charge in [-0.15, -0.1) is 0 Å². The van der Waals surface area contributed by atoms with Crippen LogP contribution < -0.4 is 0 Å². The van der Waals surface area contributed by atoms with E-state index in [-0.39, 0.29) is 11.6 Å². The van der Waals surface area contributed by atoms with Gasteiger partial charge in [-0.2, -0.15) is 0 Å². The highest BCUT2D eigenvalue weighted by Crippen LogP contribution is 2.28. The molecule has 0 saturated carbocycles. The second-order valence-corrected chi connectivity index (χ2v) is 4.47. The number of carbonyl (C=O) groups excluding carboxylic acids is 1. The molecule has 2 aromatic rings. The predicted molar refractivity (Wildman–Crippen MR) is 71.1 cm³/mol. The van der Waals surface area contributed by atoms with Crippen molar-refractivity contribution in [1.82, 2.24) is 10.0 Å². The maximum atomic E-state index is 11.8. The fourth-order valence-corrected chi connectivity index (χ4v) is 1.68. The van der Waals surface area contributed by atoms with Crippen molar-refractivity contribution in [3.05, 3.63) is 40.2 Å². The van der Waals surface area contributed by atoms with E-state index in [1.54, 1.807) is 18.2 Å². The van der Waals surface area contributed by atoms with Gasteiger partial charge in [-0.05, 0) is 18.2 Å². The Bertz CT molecular complexity index is 613. The third-order valence-corrected chi connectivity index (χ3v) is 3.19. The lowest BCUT2D eigenvalue weighted by Gasteiger charge is -2.10. The molecule has 0 atom stereocenters. The first kappa shape index (κ1) is 13.9. The predicted octanol–water partition coefficient (Wildman–Crippen LogP) is 3.28. The van der Waals surface area contributed by atoms with Crippen LogP contribution in [-0.2, 0) is 4.84 Å². The number of oxazole rings is 1. The Morgan fingerprint density at radius 3 is 2.74 bits per heavy atom. The Morgan fingerprint density at radius 2 is 2.11 bits per heavy atom. The molecule has 0 unspecified atom stereocenters. The van der Waals surface area contributed by atoms with Gasteiger partial charge in [-0.1, -0.05) is 23.2 Å². The van der Waals surface area contributed by atoms with Crippen LogP contribution >= 0.6 is 23.2 Å². The van der Waals surface area contributed by atoms with Crippen molar-refractivity contribution in [2.75, 3.05) is 14.2 Å². The van der Waals surface area contributed by atoms with Crippen LogP contribution in [0.2, 0.25) is 10.0 Å². The van der Waals surface area contributed by atoms with Gasteiger partial charge >= 0.3 is 0 Å². The minimum atomic E-state index is -0.405. The van der Waals surface area contributed by atoms with E-state index >= 15 is 0 Å². The Kier molecular flexibility index (Phi) is 4.09. The van der Waals surface area contributed by atoms with E-state index in [2.05, 4.69) is 4.98 Å². The molecule has 1 amide bonds. The van der Waals surface area contributed by atoms with Gasteiger partial charge in [0.2, 0.25) is 5.89 Å². The number of benzene rings is 1. The Morgan fingerprint density at radius 1 is 1.37 bits per heavy atom. The molecule has 0 aliphatic carbocycles. The smallest absolute Gasteiger partial charge is 0.299 e. The fourth-order valence-electron chi connectivity index (χ4n) is 1.38. The number of nitrogens with zero attached hydrogens (tertiary/aromatic N) is 2. The zero-order valence-corrected chi connectivity index (χ0v) is 11.7. The summed E-state index contributed by atoms with van der Waals surface area (Å²) in [6, 6.07) is 4.95. The third-order valence-electron chi connectivity index (χ3n) is 2.45. The normalized spacial score (nSPS) is 10.5. The Labute approximate surface area is 119 Å². The van der Waals surface area contributed by atoms with Crippen LogP contribution in [0.1, 0.15) is 10.5 Å². The minimum absolute atomic E-state index is 0.144. The van der Waals surface area contributed by atoms with Crippen molar-refractivity contribution in [3.63, 3.8) is 0 Å². The average Bonchev–Trinajstić information content (AvgIpc) is 2.89. The minimum Gasteiger partial charge on any atom is -0.444 e. The fraction of sp³-hybridized carbons (Fsp3) is 0.167. The summed E-state index contributed by atoms with van der Waals surface area (Å²) in [6.45, 7) is 0. The molecular formula is C12H10Cl2N2O3. The van der Waals surface area contributed by atoms with Crippen molar-refractivity contribution >= 4 is 29.1 Å². The molecule has 19 heavy (non-hydrogen) atoms. The van der Waals surface area contributed by atoms with E-state index in [0.717, 1.165) is 5.06 Å². The number of carbonyl (C=O) groups is 1. The summed E-state index contributed by atoms with van der Waals surface area (Å²) >= 11 is 11.7. The van der Waals surface area contributed by atoms with E-state index in [1.165, 1.54) is 20.4 Å². The second kappa shape index (κ2) is 5.61. The van der Waals surface area contributed by atoms with E-state index in [1.807, 2.05) is 0 Å². The first-order valence-electron chi connectivity index (χ1n) is 5.26. The van der Waals surface area contributed by atoms with Gasteiger partial charge in [0.25, 0.3) is 5.91 Å². The van der Waals surface area contributed by atoms with Gasteiger partial charge in [0.05, 0.1) is 17.2 Å². The topological polar surface area (TPSA) is 55.6 Å². The molecule has 0 radical (unpaired) electrons. The van der Waals surface area contributed by atoms with Crippen LogP contribution in [0.5, 0.6) is 0 Å². The van der Waals surface area contributed by atoms with E-state index in [9.17, 15) is 4.79 Å². The summed E-state index contributed by atoms with van der Waals surface area (Å²) in [7, 11) is 2.87. The van der Waals surface area contributed by atoms with Crippen LogP contribution in [0, 0.1) is 0 Å². The number of halogens is 2. The molecule has 0 fully saturated rings. The SMILES string of the molecule is CON(C)C(=O)c1coc(-c2ccc(Cl)c(Cl)c2)n1. The maximum Gasteiger partial charge on any atom is 0.299 e. The standard InChI is InChI=1S/C12H10Cl2N2O3/c1-16(18-2)12(17)10-6-19-11(15-10)7-3-4-8(13)9(14)5-7/h3-6H,1-2H3. The molecule has 0 aliphatic rings. The zero-order valence-electron chi connectivity index (χ0n) is 10.2. The van der Waals surface area contributed by atoms with Crippen LogP contribution in [0.3, 0.4) is 0 Å². The summed E-state index contributed by atoms with van der Waals surface area (Å²) in [5.74, 6) is -0.121. The van der Waals surface area contributed by atoms with Crippen LogP contribution in [0.4, 0.5) is 0 Å². The first-order valence-corrected chi connectivity index (χ1v) is 6.01. The summed E-state index contributed by atoms with van der Waals surface area (Å²) in [6.07, 6.45) is 1.26. The lowest BCUT2D eigenvalue weighted by molar-refractivity contribution is -0.0760. The summed E-state index contributed by atoms with van der Waals surface area (Å²) in [4.78, 5) is 20.6. The summed E-state index contributed by atoms with van der Waals surface area (Å²) in [5, 5.41) is 1.88. The lowest BCUT2D eigenvalue weighted by Crippen LogP contribution is -2.25. The van der Waals surface area contributed by atoms with E-state index in [4.69, 9.17) is 32.5 Å². The molecule has 1 aromatic carbocycles. The number of rotatable bonds is 3. The van der Waals surface area contributed by atoms with Crippen molar-refractivity contribution < 1.29 is 14.0 Å². The maximum absolute atomic E-state index is 11.8. The molecule has 100 valence electrons. The highest BCUT2D eigenvalue weighted by atomic mass is 35.5. The van der Waals surface area contributed by atoms with Crippen LogP contribution in [0.25, 0.3) is 11.5 Å². The molecule has 0 bridgehead atoms. The molecule has 1 heterocycles. The van der Waals surface area contributed by atoms with Crippen molar-refractivity contribution in [1.29, 1.82) is 0 Å². The largest absolute Gasteiger partial charge is 0.444 e. The molecule has 7 heteroatoms. The molecule has 0 N–H and O–H groups in total. The van der Waals surface area contributed by atoms with Crippen LogP contribution in [0.15, 0.2) is 28.9 Å². The van der Waals surface area contributed by atoms with Gasteiger partial charge in [0.15, 0.2) is 5.69 Å². The number of hydrogen-bond donors (Lipinski definition) is 0. The number of aromatic nitrogens is 1. The monoisotopic (exact) mass is 300 g/mol. The van der Waals surface area contributed by atoms with Gasteiger partial charge in [-0.3, -0.25) is 9.63 Å². The third kappa shape index (κ3) is 2.89. The average molecular weight is 301 g/mol. The van der Waals surface area contributed by atoms with Gasteiger partial charge < -0.3 is 4.42 Å². The highest BCUT2D eigenvalue weighted by Gasteiger charge is 2.17. The lowest BCUT2D eigenvalue weighted by atomic mass is 10.2. The van der Waals surface area contributed by atoms with Gasteiger partial charge in [0.1, 0.15) is 6.26 Å². The van der Waals surface area contributed by atoms with Crippen molar-refractivity contribution in [3.8, 4) is 11.5 Å². The van der Waals surface area contributed by atoms with Gasteiger partial charge in [-0.25, -0.2) is 10.0 Å². The Balaban J connectivity index is 2.30. The quantitative estimate of drug-likeness (QED) is 0.816. The summed E-state index contributed by atoms with van der Waals surface area (Å²) in [5.41, 5.74) is 0.777. The first-order chi connectivity index (χ1) is 9.02. The number of hydrogen-bond acceptors (Lipinski definition) is 4. The molecule has 0 aliphatic heterocycles. The van der Waals surface area contributed by atoms with E-state index < -0.39 is 5.91 Å². The molecule has 1 aromatic heterocycles. The highest BCUT2D eigenvalue weighted by molar-refractivity contribution is 6.42. The van der Waals surface area contributed by atoms with Gasteiger partial charge in [0, 0.05) is 12.6 Å². The number of amides is 1. The zero-order chi connectivity index (χ0) is 14.0. The second-order valence-electron chi connectivity index (χ2n) is 3.65. The summed E-state index contributed by atoms with van der Waals surface area (Å²) < 4.78 is 5.25.